The van der Waals surface area contributed by atoms with Crippen molar-refractivity contribution < 1.29 is 28.9 Å². The Morgan fingerprint density at radius 2 is 1.55 bits per heavy atom. The van der Waals surface area contributed by atoms with Crippen LogP contribution in [0.25, 0.3) is 0 Å². The summed E-state index contributed by atoms with van der Waals surface area (Å²) in [6.07, 6.45) is 5.93. The molecule has 0 bridgehead atoms. The number of benzene rings is 1. The van der Waals surface area contributed by atoms with Crippen molar-refractivity contribution in [1.29, 1.82) is 0 Å². The Morgan fingerprint density at radius 1 is 0.935 bits per heavy atom. The average Bonchev–Trinajstić information content (AvgIpc) is 2.94. The molecule has 170 valence electrons. The van der Waals surface area contributed by atoms with Crippen LogP contribution in [0.5, 0.6) is 11.5 Å². The van der Waals surface area contributed by atoms with Crippen LogP contribution >= 0.6 is 0 Å². The number of hydrogen-bond acceptors (Lipinski definition) is 4. The molecular weight excluding hydrogens is 396 g/mol. The Kier molecular flexibility index (Phi) is 6.97. The molecule has 3 N–H and O–H groups in total. The van der Waals surface area contributed by atoms with Gasteiger partial charge < -0.3 is 24.6 Å². The Bertz CT molecular complexity index is 753. The van der Waals surface area contributed by atoms with E-state index in [0.717, 1.165) is 82.7 Å². The van der Waals surface area contributed by atoms with E-state index in [1.165, 1.54) is 14.7 Å². The fourth-order valence-electron chi connectivity index (χ4n) is 5.06. The fourth-order valence-corrected chi connectivity index (χ4v) is 5.06. The smallest absolute Gasteiger partial charge is 0.329 e. The van der Waals surface area contributed by atoms with E-state index in [-0.39, 0.29) is 11.9 Å². The molecule has 1 aliphatic carbocycles. The molecule has 0 radical (unpaired) electrons. The van der Waals surface area contributed by atoms with E-state index < -0.39 is 5.54 Å². The first kappa shape index (κ1) is 21.9. The van der Waals surface area contributed by atoms with Gasteiger partial charge in [0.1, 0.15) is 56.4 Å². The fraction of sp³-hybridized carbons (Fsp3) is 0.652. The molecular formula is C23H36N4O4+2. The Morgan fingerprint density at radius 3 is 2.19 bits per heavy atom. The van der Waals surface area contributed by atoms with Crippen LogP contribution in [0.4, 0.5) is 4.79 Å². The van der Waals surface area contributed by atoms with E-state index in [0.29, 0.717) is 13.3 Å². The molecule has 2 saturated heterocycles. The zero-order chi connectivity index (χ0) is 21.7. The number of hydrogen-bond donors (Lipinski definition) is 3. The minimum atomic E-state index is -0.626. The van der Waals surface area contributed by atoms with Crippen molar-refractivity contribution in [2.75, 3.05) is 53.1 Å². The number of carbonyl (C=O) groups is 2. The standard InChI is InChI=1S/C23H34N4O4/c1-30-19-6-8-20(9-7-19)31-17-16-25-12-14-26(15-13-25)18-27-21(28)23(24-22(27)29)10-4-2-3-5-11-23/h6-9H,2-5,10-18H2,1H3,(H,24,29)/p+2. The van der Waals surface area contributed by atoms with Gasteiger partial charge in [0.05, 0.1) is 7.11 Å². The maximum absolute atomic E-state index is 13.1. The number of quaternary nitrogens is 2. The Labute approximate surface area is 184 Å². The third-order valence-electron chi connectivity index (χ3n) is 7.03. The first-order valence-corrected chi connectivity index (χ1v) is 11.7. The number of methoxy groups -OCH3 is 1. The van der Waals surface area contributed by atoms with Crippen LogP contribution in [0.1, 0.15) is 38.5 Å². The van der Waals surface area contributed by atoms with E-state index in [9.17, 15) is 9.59 Å². The summed E-state index contributed by atoms with van der Waals surface area (Å²) in [5.74, 6) is 1.69. The second-order valence-electron chi connectivity index (χ2n) is 9.09. The molecule has 3 amide bonds. The maximum atomic E-state index is 13.1. The van der Waals surface area contributed by atoms with Gasteiger partial charge in [-0.2, -0.15) is 0 Å². The number of ether oxygens (including phenoxy) is 2. The number of urea groups is 1. The van der Waals surface area contributed by atoms with E-state index in [4.69, 9.17) is 9.47 Å². The highest BCUT2D eigenvalue weighted by Crippen LogP contribution is 2.32. The minimum Gasteiger partial charge on any atom is -0.497 e. The highest BCUT2D eigenvalue weighted by atomic mass is 16.5. The summed E-state index contributed by atoms with van der Waals surface area (Å²) in [6.45, 7) is 6.08. The summed E-state index contributed by atoms with van der Waals surface area (Å²) in [6, 6.07) is 7.46. The molecule has 1 spiro atoms. The van der Waals surface area contributed by atoms with Gasteiger partial charge in [0.25, 0.3) is 5.91 Å². The number of rotatable bonds is 7. The Hall–Kier alpha value is -2.32. The van der Waals surface area contributed by atoms with Crippen LogP contribution in [0.15, 0.2) is 24.3 Å². The molecule has 1 saturated carbocycles. The van der Waals surface area contributed by atoms with E-state index in [1.54, 1.807) is 7.11 Å². The lowest BCUT2D eigenvalue weighted by molar-refractivity contribution is -1.01. The predicted octanol–water partition coefficient (Wildman–Crippen LogP) is -0.540. The molecule has 8 heteroatoms. The van der Waals surface area contributed by atoms with Gasteiger partial charge >= 0.3 is 6.03 Å². The van der Waals surface area contributed by atoms with Gasteiger partial charge in [0.15, 0.2) is 6.67 Å². The summed E-state index contributed by atoms with van der Waals surface area (Å²) >= 11 is 0. The second kappa shape index (κ2) is 9.87. The van der Waals surface area contributed by atoms with Gasteiger partial charge in [-0.05, 0) is 37.1 Å². The molecule has 3 fully saturated rings. The Balaban J connectivity index is 1.20. The molecule has 4 rings (SSSR count). The monoisotopic (exact) mass is 432 g/mol. The second-order valence-corrected chi connectivity index (χ2v) is 9.09. The first-order valence-electron chi connectivity index (χ1n) is 11.7. The zero-order valence-electron chi connectivity index (χ0n) is 18.6. The molecule has 8 nitrogen and oxygen atoms in total. The third kappa shape index (κ3) is 5.13. The predicted molar refractivity (Wildman–Crippen MR) is 115 cm³/mol. The lowest BCUT2D eigenvalue weighted by Gasteiger charge is -2.31. The number of nitrogens with one attached hydrogen (secondary N) is 3. The van der Waals surface area contributed by atoms with Crippen molar-refractivity contribution in [3.05, 3.63) is 24.3 Å². The third-order valence-corrected chi connectivity index (χ3v) is 7.03. The first-order chi connectivity index (χ1) is 15.1. The summed E-state index contributed by atoms with van der Waals surface area (Å²) in [4.78, 5) is 30.0. The lowest BCUT2D eigenvalue weighted by atomic mass is 9.90. The topological polar surface area (TPSA) is 76.8 Å². The highest BCUT2D eigenvalue weighted by molar-refractivity contribution is 6.06. The summed E-state index contributed by atoms with van der Waals surface area (Å²) in [7, 11) is 1.65. The quantitative estimate of drug-likeness (QED) is 0.506. The van der Waals surface area contributed by atoms with Gasteiger partial charge in [0.2, 0.25) is 0 Å². The molecule has 0 atom stereocenters. The van der Waals surface area contributed by atoms with E-state index in [2.05, 4.69) is 5.32 Å². The van der Waals surface area contributed by atoms with Crippen molar-refractivity contribution in [3.63, 3.8) is 0 Å². The van der Waals surface area contributed by atoms with Gasteiger partial charge in [-0.25, -0.2) is 9.69 Å². The molecule has 31 heavy (non-hydrogen) atoms. The van der Waals surface area contributed by atoms with E-state index in [1.807, 2.05) is 24.3 Å². The van der Waals surface area contributed by atoms with Crippen molar-refractivity contribution >= 4 is 11.9 Å². The van der Waals surface area contributed by atoms with Crippen LogP contribution in [0.3, 0.4) is 0 Å². The minimum absolute atomic E-state index is 0.00886. The SMILES string of the molecule is COc1ccc(OCC[NH+]2CC[NH+](CN3C(=O)NC4(CCCCCC4)C3=O)CC2)cc1. The number of nitrogens with zero attached hydrogens (tertiary/aromatic N) is 1. The van der Waals surface area contributed by atoms with Crippen molar-refractivity contribution in [2.24, 2.45) is 0 Å². The van der Waals surface area contributed by atoms with Gasteiger partial charge in [-0.15, -0.1) is 0 Å². The van der Waals surface area contributed by atoms with Crippen molar-refractivity contribution in [3.8, 4) is 11.5 Å². The molecule has 0 unspecified atom stereocenters. The zero-order valence-corrected chi connectivity index (χ0v) is 18.6. The highest BCUT2D eigenvalue weighted by Gasteiger charge is 2.51. The number of piperazine rings is 1. The maximum Gasteiger partial charge on any atom is 0.329 e. The van der Waals surface area contributed by atoms with Crippen LogP contribution < -0.4 is 24.6 Å². The average molecular weight is 433 g/mol. The van der Waals surface area contributed by atoms with Gasteiger partial charge in [0, 0.05) is 0 Å². The molecule has 1 aromatic carbocycles. The summed E-state index contributed by atoms with van der Waals surface area (Å²) in [5, 5.41) is 3.05. The van der Waals surface area contributed by atoms with Crippen LogP contribution in [-0.2, 0) is 4.79 Å². The summed E-state index contributed by atoms with van der Waals surface area (Å²) < 4.78 is 11.0. The van der Waals surface area contributed by atoms with Crippen molar-refractivity contribution in [2.45, 2.75) is 44.1 Å². The normalized spacial score (nSPS) is 25.9. The number of imide groups is 1. The molecule has 2 aliphatic heterocycles. The summed E-state index contributed by atoms with van der Waals surface area (Å²) in [5.41, 5.74) is -0.626. The largest absolute Gasteiger partial charge is 0.497 e. The molecule has 2 heterocycles. The number of carbonyl (C=O) groups excluding carboxylic acids is 2. The van der Waals surface area contributed by atoms with E-state index >= 15 is 0 Å². The molecule has 3 aliphatic rings. The molecule has 1 aromatic rings. The van der Waals surface area contributed by atoms with Crippen molar-refractivity contribution in [1.82, 2.24) is 10.2 Å². The number of amides is 3. The molecule has 0 aromatic heterocycles. The van der Waals surface area contributed by atoms with Crippen LogP contribution in [-0.4, -0.2) is 75.5 Å². The van der Waals surface area contributed by atoms with Crippen LogP contribution in [0, 0.1) is 0 Å². The van der Waals surface area contributed by atoms with Gasteiger partial charge in [-0.3, -0.25) is 4.79 Å². The van der Waals surface area contributed by atoms with Gasteiger partial charge in [-0.1, -0.05) is 25.7 Å². The van der Waals surface area contributed by atoms with Crippen LogP contribution in [0.2, 0.25) is 0 Å². The lowest BCUT2D eigenvalue weighted by Crippen LogP contribution is -3.28.